The van der Waals surface area contributed by atoms with E-state index in [1.54, 1.807) is 0 Å². The molecule has 1 aliphatic rings. The maximum Gasteiger partial charge on any atom is 0.224 e. The van der Waals surface area contributed by atoms with E-state index in [0.29, 0.717) is 5.62 Å². The highest BCUT2D eigenvalue weighted by atomic mass is 79.9. The molecule has 2 N–H and O–H groups in total. The average Bonchev–Trinajstić information content (AvgIpc) is 2.69. The predicted octanol–water partition coefficient (Wildman–Crippen LogP) is 1.70. The van der Waals surface area contributed by atoms with Gasteiger partial charge in [-0.1, -0.05) is 6.07 Å². The van der Waals surface area contributed by atoms with Gasteiger partial charge in [-0.25, -0.2) is 4.98 Å². The Morgan fingerprint density at radius 3 is 3.20 bits per heavy atom. The molecule has 76 valence electrons. The van der Waals surface area contributed by atoms with Crippen LogP contribution in [-0.2, 0) is 6.54 Å². The van der Waals surface area contributed by atoms with Gasteiger partial charge in [0.1, 0.15) is 5.82 Å². The van der Waals surface area contributed by atoms with Gasteiger partial charge in [0.2, 0.25) is 5.62 Å². The summed E-state index contributed by atoms with van der Waals surface area (Å²) in [6, 6.07) is 5.95. The number of halogens is 1. The molecular weight excluding hydrogens is 256 g/mol. The zero-order valence-electron chi connectivity index (χ0n) is 7.92. The first-order chi connectivity index (χ1) is 7.27. The number of aromatic nitrogens is 2. The Labute approximate surface area is 94.6 Å². The lowest BCUT2D eigenvalue weighted by Crippen LogP contribution is -2.21. The third-order valence-corrected chi connectivity index (χ3v) is 3.25. The zero-order valence-corrected chi connectivity index (χ0v) is 9.50. The summed E-state index contributed by atoms with van der Waals surface area (Å²) in [6.45, 7) is 1.70. The van der Waals surface area contributed by atoms with Crippen LogP contribution in [0.25, 0.3) is 10.9 Å². The Hall–Kier alpha value is -1.36. The van der Waals surface area contributed by atoms with E-state index in [-0.39, 0.29) is 0 Å². The molecule has 2 heterocycles. The molecule has 1 aromatic heterocycles. The van der Waals surface area contributed by atoms with Crippen molar-refractivity contribution >= 4 is 32.7 Å². The molecule has 1 aliphatic heterocycles. The highest BCUT2D eigenvalue weighted by Crippen LogP contribution is 2.27. The van der Waals surface area contributed by atoms with Gasteiger partial charge in [0.15, 0.2) is 0 Å². The molecule has 1 aromatic carbocycles. The summed E-state index contributed by atoms with van der Waals surface area (Å²) in [5.74, 6) is 1.01. The molecule has 0 unspecified atom stereocenters. The lowest BCUT2D eigenvalue weighted by molar-refractivity contribution is 0.717. The minimum atomic E-state index is 0.314. The molecule has 0 atom stereocenters. The van der Waals surface area contributed by atoms with Gasteiger partial charge in [-0.05, 0) is 28.1 Å². The lowest BCUT2D eigenvalue weighted by Gasteiger charge is -2.07. The molecule has 2 aromatic rings. The second-order valence-corrected chi connectivity index (χ2v) is 4.35. The quantitative estimate of drug-likeness (QED) is 0.761. The van der Waals surface area contributed by atoms with Crippen molar-refractivity contribution in [2.24, 2.45) is 0 Å². The Morgan fingerprint density at radius 1 is 1.47 bits per heavy atom. The van der Waals surface area contributed by atoms with Gasteiger partial charge in [-0.15, -0.1) is 0 Å². The Balaban J connectivity index is 2.54. The van der Waals surface area contributed by atoms with Gasteiger partial charge < -0.3 is 5.32 Å². The van der Waals surface area contributed by atoms with Crippen molar-refractivity contribution in [3.05, 3.63) is 28.3 Å². The third kappa shape index (κ3) is 1.19. The molecule has 5 heteroatoms. The molecule has 0 saturated heterocycles. The Morgan fingerprint density at radius 2 is 2.33 bits per heavy atom. The van der Waals surface area contributed by atoms with Crippen molar-refractivity contribution in [3.63, 3.8) is 0 Å². The van der Waals surface area contributed by atoms with Crippen LogP contribution in [0.15, 0.2) is 22.7 Å². The molecule has 0 spiro atoms. The van der Waals surface area contributed by atoms with Gasteiger partial charge in [-0.3, -0.25) is 9.98 Å². The van der Waals surface area contributed by atoms with Gasteiger partial charge in [0.25, 0.3) is 0 Å². The van der Waals surface area contributed by atoms with Gasteiger partial charge in [0, 0.05) is 22.9 Å². The molecule has 0 saturated carbocycles. The maximum atomic E-state index is 7.82. The summed E-state index contributed by atoms with van der Waals surface area (Å²) in [7, 11) is 0. The number of para-hydroxylation sites is 1. The lowest BCUT2D eigenvalue weighted by atomic mass is 10.2. The largest absolute Gasteiger partial charge is 0.369 e. The van der Waals surface area contributed by atoms with Crippen molar-refractivity contribution < 1.29 is 0 Å². The zero-order chi connectivity index (χ0) is 10.4. The summed E-state index contributed by atoms with van der Waals surface area (Å²) in [6.07, 6.45) is 0. The summed E-state index contributed by atoms with van der Waals surface area (Å²) in [5, 5.41) is 12.2. The van der Waals surface area contributed by atoms with Crippen LogP contribution in [0, 0.1) is 5.41 Å². The van der Waals surface area contributed by atoms with E-state index in [1.165, 1.54) is 0 Å². The van der Waals surface area contributed by atoms with Crippen LogP contribution in [-0.4, -0.2) is 16.1 Å². The monoisotopic (exact) mass is 264 g/mol. The van der Waals surface area contributed by atoms with Crippen molar-refractivity contribution in [3.8, 4) is 0 Å². The van der Waals surface area contributed by atoms with Crippen LogP contribution < -0.4 is 10.9 Å². The fraction of sp³-hybridized carbons (Fsp3) is 0.200. The van der Waals surface area contributed by atoms with E-state index in [4.69, 9.17) is 5.41 Å². The number of benzene rings is 1. The van der Waals surface area contributed by atoms with Crippen LogP contribution in [0.1, 0.15) is 0 Å². The minimum Gasteiger partial charge on any atom is -0.369 e. The van der Waals surface area contributed by atoms with Crippen molar-refractivity contribution in [1.82, 2.24) is 9.55 Å². The van der Waals surface area contributed by atoms with Gasteiger partial charge >= 0.3 is 0 Å². The van der Waals surface area contributed by atoms with Crippen LogP contribution in [0.2, 0.25) is 0 Å². The molecule has 3 rings (SSSR count). The standard InChI is InChI=1S/C10H9BrN4/c11-7-3-1-2-6-8(7)14-10(12)15-5-4-13-9(6)15/h1-3,12-13H,4-5H2. The Bertz CT molecular complexity index is 602. The molecule has 0 amide bonds. The highest BCUT2D eigenvalue weighted by molar-refractivity contribution is 9.10. The molecular formula is C10H9BrN4. The fourth-order valence-electron chi connectivity index (χ4n) is 1.93. The number of anilines is 1. The molecule has 4 nitrogen and oxygen atoms in total. The normalized spacial score (nSPS) is 13.9. The second-order valence-electron chi connectivity index (χ2n) is 3.50. The summed E-state index contributed by atoms with van der Waals surface area (Å²) < 4.78 is 2.83. The summed E-state index contributed by atoms with van der Waals surface area (Å²) in [4.78, 5) is 4.29. The van der Waals surface area contributed by atoms with Crippen molar-refractivity contribution in [1.29, 1.82) is 5.41 Å². The van der Waals surface area contributed by atoms with Crippen molar-refractivity contribution in [2.75, 3.05) is 11.9 Å². The Kier molecular flexibility index (Phi) is 1.82. The van der Waals surface area contributed by atoms with Crippen molar-refractivity contribution in [2.45, 2.75) is 6.54 Å². The second kappa shape index (κ2) is 3.06. The predicted molar refractivity (Wildman–Crippen MR) is 61.8 cm³/mol. The third-order valence-electron chi connectivity index (χ3n) is 2.61. The number of fused-ring (bicyclic) bond motifs is 3. The first-order valence-corrected chi connectivity index (χ1v) is 5.54. The van der Waals surface area contributed by atoms with E-state index < -0.39 is 0 Å². The highest BCUT2D eigenvalue weighted by Gasteiger charge is 2.15. The van der Waals surface area contributed by atoms with Crippen LogP contribution >= 0.6 is 15.9 Å². The number of nitrogens with zero attached hydrogens (tertiary/aromatic N) is 2. The fourth-order valence-corrected chi connectivity index (χ4v) is 2.39. The molecule has 0 aliphatic carbocycles. The molecule has 0 bridgehead atoms. The van der Waals surface area contributed by atoms with Gasteiger partial charge in [0.05, 0.1) is 5.52 Å². The number of hydrogen-bond acceptors (Lipinski definition) is 3. The SMILES string of the molecule is N=c1nc2c(Br)cccc2c2n1CCN2. The topological polar surface area (TPSA) is 53.7 Å². The molecule has 0 fully saturated rings. The van der Waals surface area contributed by atoms with E-state index in [2.05, 4.69) is 26.2 Å². The minimum absolute atomic E-state index is 0.314. The molecule has 15 heavy (non-hydrogen) atoms. The van der Waals surface area contributed by atoms with E-state index in [1.807, 2.05) is 22.8 Å². The first kappa shape index (κ1) is 8.91. The molecule has 0 radical (unpaired) electrons. The van der Waals surface area contributed by atoms with E-state index >= 15 is 0 Å². The smallest absolute Gasteiger partial charge is 0.224 e. The number of nitrogens with one attached hydrogen (secondary N) is 2. The van der Waals surface area contributed by atoms with Crippen LogP contribution in [0.3, 0.4) is 0 Å². The van der Waals surface area contributed by atoms with E-state index in [0.717, 1.165) is 34.3 Å². The average molecular weight is 265 g/mol. The summed E-state index contributed by atoms with van der Waals surface area (Å²) in [5.41, 5.74) is 1.16. The number of hydrogen-bond donors (Lipinski definition) is 2. The number of rotatable bonds is 0. The maximum absolute atomic E-state index is 7.82. The first-order valence-electron chi connectivity index (χ1n) is 4.75. The van der Waals surface area contributed by atoms with Gasteiger partial charge in [-0.2, -0.15) is 0 Å². The summed E-state index contributed by atoms with van der Waals surface area (Å²) >= 11 is 3.46. The van der Waals surface area contributed by atoms with Crippen LogP contribution in [0.4, 0.5) is 5.82 Å². The van der Waals surface area contributed by atoms with Crippen LogP contribution in [0.5, 0.6) is 0 Å². The van der Waals surface area contributed by atoms with E-state index in [9.17, 15) is 0 Å².